The van der Waals surface area contributed by atoms with E-state index in [1.807, 2.05) is 0 Å². The van der Waals surface area contributed by atoms with Crippen LogP contribution in [0.25, 0.3) is 0 Å². The van der Waals surface area contributed by atoms with Crippen LogP contribution in [0.1, 0.15) is 45.7 Å². The number of rotatable bonds is 9. The minimum atomic E-state index is -1.04. The molecule has 12 heteroatoms. The Morgan fingerprint density at radius 2 is 1.76 bits per heavy atom. The summed E-state index contributed by atoms with van der Waals surface area (Å²) in [5, 5.41) is 15.3. The third-order valence-electron chi connectivity index (χ3n) is 4.36. The molecule has 7 N–H and O–H groups in total. The number of hydrogen-bond acceptors (Lipinski definition) is 7. The van der Waals surface area contributed by atoms with Gasteiger partial charge in [-0.25, -0.2) is 0 Å². The van der Waals surface area contributed by atoms with Crippen molar-refractivity contribution in [2.75, 3.05) is 18.9 Å². The lowest BCUT2D eigenvalue weighted by Gasteiger charge is -2.20. The Morgan fingerprint density at radius 1 is 1.09 bits per heavy atom. The fraction of sp³-hybridized carbons (Fsp3) is 0.238. The quantitative estimate of drug-likeness (QED) is 0.260. The Morgan fingerprint density at radius 3 is 2.39 bits per heavy atom. The minimum Gasteiger partial charge on any atom is -0.506 e. The van der Waals surface area contributed by atoms with Crippen LogP contribution in [0.2, 0.25) is 10.0 Å². The van der Waals surface area contributed by atoms with E-state index < -0.39 is 36.3 Å². The highest BCUT2D eigenvalue weighted by Crippen LogP contribution is 2.36. The predicted molar refractivity (Wildman–Crippen MR) is 122 cm³/mol. The van der Waals surface area contributed by atoms with E-state index >= 15 is 0 Å². The van der Waals surface area contributed by atoms with Crippen LogP contribution in [0, 0.1) is 0 Å². The first-order valence-corrected chi connectivity index (χ1v) is 10.4. The first-order chi connectivity index (χ1) is 15.5. The van der Waals surface area contributed by atoms with Crippen molar-refractivity contribution in [3.63, 3.8) is 0 Å². The Labute approximate surface area is 199 Å². The smallest absolute Gasteiger partial charge is 0.308 e. The second-order valence-electron chi connectivity index (χ2n) is 6.85. The first kappa shape index (κ1) is 25.8. The fourth-order valence-electron chi connectivity index (χ4n) is 2.91. The van der Waals surface area contributed by atoms with Gasteiger partial charge in [0.15, 0.2) is 0 Å². The molecule has 33 heavy (non-hydrogen) atoms. The molecule has 2 aromatic rings. The number of aromatic hydroxyl groups is 1. The molecule has 10 nitrogen and oxygen atoms in total. The molecule has 0 aliphatic carbocycles. The monoisotopic (exact) mass is 496 g/mol. The molecule has 0 unspecified atom stereocenters. The van der Waals surface area contributed by atoms with Gasteiger partial charge in [-0.05, 0) is 37.3 Å². The maximum absolute atomic E-state index is 12.5. The van der Waals surface area contributed by atoms with E-state index in [0.717, 1.165) is 0 Å². The third kappa shape index (κ3) is 7.26. The molecule has 0 aliphatic heterocycles. The average Bonchev–Trinajstić information content (AvgIpc) is 2.73. The summed E-state index contributed by atoms with van der Waals surface area (Å²) in [6, 6.07) is 5.48. The Bertz CT molecular complexity index is 1090. The van der Waals surface area contributed by atoms with Crippen molar-refractivity contribution < 1.29 is 29.0 Å². The lowest BCUT2D eigenvalue weighted by Crippen LogP contribution is -2.39. The van der Waals surface area contributed by atoms with Gasteiger partial charge in [-0.2, -0.15) is 0 Å². The Kier molecular flexibility index (Phi) is 8.89. The molecule has 0 fully saturated rings. The number of benzene rings is 2. The summed E-state index contributed by atoms with van der Waals surface area (Å²) in [6.45, 7) is 1.24. The van der Waals surface area contributed by atoms with E-state index in [0.29, 0.717) is 0 Å². The number of nitrogen functional groups attached to an aromatic ring is 1. The van der Waals surface area contributed by atoms with Gasteiger partial charge >= 0.3 is 5.97 Å². The number of carbonyl (C=O) groups is 4. The SMILES string of the molecule is CCOC(=O)C[C@@H](NC(=O)CNC(=O)c1cc(N)cc(C(N)=O)c1)c1cc(Cl)cc(Cl)c1O. The summed E-state index contributed by atoms with van der Waals surface area (Å²) in [7, 11) is 0. The minimum absolute atomic E-state index is 0.0268. The summed E-state index contributed by atoms with van der Waals surface area (Å²) in [5.41, 5.74) is 11.2. The van der Waals surface area contributed by atoms with Gasteiger partial charge < -0.3 is 31.9 Å². The third-order valence-corrected chi connectivity index (χ3v) is 4.86. The molecule has 0 saturated carbocycles. The first-order valence-electron chi connectivity index (χ1n) is 9.63. The Balaban J connectivity index is 2.15. The number of hydrogen-bond donors (Lipinski definition) is 5. The highest BCUT2D eigenvalue weighted by molar-refractivity contribution is 6.35. The molecule has 3 amide bonds. The van der Waals surface area contributed by atoms with Gasteiger partial charge in [0, 0.05) is 27.4 Å². The number of halogens is 2. The molecule has 1 atom stereocenters. The lowest BCUT2D eigenvalue weighted by atomic mass is 10.0. The number of anilines is 1. The molecule has 0 radical (unpaired) electrons. The lowest BCUT2D eigenvalue weighted by molar-refractivity contribution is -0.143. The van der Waals surface area contributed by atoms with Gasteiger partial charge in [0.1, 0.15) is 5.75 Å². The van der Waals surface area contributed by atoms with Crippen LogP contribution in [-0.2, 0) is 14.3 Å². The van der Waals surface area contributed by atoms with Crippen LogP contribution in [0.3, 0.4) is 0 Å². The van der Waals surface area contributed by atoms with Crippen LogP contribution in [0.15, 0.2) is 30.3 Å². The van der Waals surface area contributed by atoms with Gasteiger partial charge in [0.25, 0.3) is 5.91 Å². The number of esters is 1. The molecular weight excluding hydrogens is 475 g/mol. The maximum atomic E-state index is 12.5. The zero-order valence-electron chi connectivity index (χ0n) is 17.5. The molecule has 0 heterocycles. The Hall–Kier alpha value is -3.50. The van der Waals surface area contributed by atoms with E-state index in [-0.39, 0.29) is 51.2 Å². The number of nitrogens with two attached hydrogens (primary N) is 2. The highest BCUT2D eigenvalue weighted by atomic mass is 35.5. The van der Waals surface area contributed by atoms with Gasteiger partial charge in [-0.1, -0.05) is 23.2 Å². The normalized spacial score (nSPS) is 11.4. The number of phenolic OH excluding ortho intramolecular Hbond substituents is 1. The van der Waals surface area contributed by atoms with E-state index in [2.05, 4.69) is 10.6 Å². The zero-order chi connectivity index (χ0) is 24.7. The molecule has 0 bridgehead atoms. The summed E-state index contributed by atoms with van der Waals surface area (Å²) in [4.78, 5) is 48.3. The number of primary amides is 1. The van der Waals surface area contributed by atoms with Crippen molar-refractivity contribution in [3.8, 4) is 5.75 Å². The predicted octanol–water partition coefficient (Wildman–Crippen LogP) is 1.92. The molecule has 0 aliphatic rings. The number of nitrogens with one attached hydrogen (secondary N) is 2. The van der Waals surface area contributed by atoms with Crippen LogP contribution in [0.4, 0.5) is 5.69 Å². The van der Waals surface area contributed by atoms with Crippen molar-refractivity contribution in [2.45, 2.75) is 19.4 Å². The average molecular weight is 497 g/mol. The molecule has 2 rings (SSSR count). The molecule has 0 aromatic heterocycles. The summed E-state index contributed by atoms with van der Waals surface area (Å²) in [6.07, 6.45) is -0.324. The largest absolute Gasteiger partial charge is 0.506 e. The summed E-state index contributed by atoms with van der Waals surface area (Å²) >= 11 is 11.9. The van der Waals surface area contributed by atoms with Crippen molar-refractivity contribution in [2.24, 2.45) is 5.73 Å². The number of carbonyl (C=O) groups excluding carboxylic acids is 4. The van der Waals surface area contributed by atoms with Gasteiger partial charge in [0.2, 0.25) is 11.8 Å². The van der Waals surface area contributed by atoms with E-state index in [1.54, 1.807) is 6.92 Å². The molecule has 176 valence electrons. The topological polar surface area (TPSA) is 174 Å². The van der Waals surface area contributed by atoms with Crippen LogP contribution < -0.4 is 22.1 Å². The number of amides is 3. The molecule has 2 aromatic carbocycles. The number of phenols is 1. The summed E-state index contributed by atoms with van der Waals surface area (Å²) in [5.74, 6) is -3.14. The van der Waals surface area contributed by atoms with Crippen molar-refractivity contribution in [1.82, 2.24) is 10.6 Å². The molecule has 0 spiro atoms. The van der Waals surface area contributed by atoms with E-state index in [9.17, 15) is 24.3 Å². The van der Waals surface area contributed by atoms with Crippen molar-refractivity contribution in [1.29, 1.82) is 0 Å². The standard InChI is InChI=1S/C21H22Cl2N4O6/c1-2-33-18(29)8-16(14-6-12(22)7-15(23)19(14)30)27-17(28)9-26-21(32)11-3-10(20(25)31)4-13(24)5-11/h3-7,16,30H,2,8-9,24H2,1H3,(H2,25,31)(H,26,32)(H,27,28)/t16-/m1/s1. The second kappa shape index (κ2) is 11.4. The van der Waals surface area contributed by atoms with E-state index in [1.165, 1.54) is 30.3 Å². The van der Waals surface area contributed by atoms with Crippen LogP contribution >= 0.6 is 23.2 Å². The van der Waals surface area contributed by atoms with Crippen LogP contribution in [-0.4, -0.2) is 41.9 Å². The van der Waals surface area contributed by atoms with Crippen molar-refractivity contribution >= 4 is 52.6 Å². The zero-order valence-corrected chi connectivity index (χ0v) is 19.0. The molecule has 0 saturated heterocycles. The van der Waals surface area contributed by atoms with Gasteiger partial charge in [0.05, 0.1) is 30.6 Å². The highest BCUT2D eigenvalue weighted by Gasteiger charge is 2.24. The van der Waals surface area contributed by atoms with Crippen LogP contribution in [0.5, 0.6) is 5.75 Å². The fourth-order valence-corrected chi connectivity index (χ4v) is 3.42. The maximum Gasteiger partial charge on any atom is 0.308 e. The van der Waals surface area contributed by atoms with Crippen molar-refractivity contribution in [3.05, 3.63) is 57.1 Å². The van der Waals surface area contributed by atoms with Gasteiger partial charge in [-0.15, -0.1) is 0 Å². The van der Waals surface area contributed by atoms with E-state index in [4.69, 9.17) is 39.4 Å². The number of ether oxygens (including phenoxy) is 1. The molecular formula is C21H22Cl2N4O6. The second-order valence-corrected chi connectivity index (χ2v) is 7.69. The summed E-state index contributed by atoms with van der Waals surface area (Å²) < 4.78 is 4.92. The van der Waals surface area contributed by atoms with Gasteiger partial charge in [-0.3, -0.25) is 19.2 Å².